The Hall–Kier alpha value is -4.28. The van der Waals surface area contributed by atoms with Gasteiger partial charge in [-0.05, 0) is 61.9 Å². The average molecular weight is 490 g/mol. The van der Waals surface area contributed by atoms with E-state index in [1.807, 2.05) is 43.3 Å². The first-order valence-electron chi connectivity index (χ1n) is 10.8. The molecule has 0 atom stereocenters. The lowest BCUT2D eigenvalue weighted by Gasteiger charge is -2.14. The number of aryl methyl sites for hydroxylation is 1. The van der Waals surface area contributed by atoms with Crippen LogP contribution in [0, 0.1) is 18.3 Å². The summed E-state index contributed by atoms with van der Waals surface area (Å²) in [6.07, 6.45) is 1.41. The number of anilines is 2. The molecular formula is C27H24ClN3O4. The predicted octanol–water partition coefficient (Wildman–Crippen LogP) is 5.61. The van der Waals surface area contributed by atoms with Gasteiger partial charge in [-0.1, -0.05) is 47.5 Å². The van der Waals surface area contributed by atoms with Crippen molar-refractivity contribution in [2.75, 3.05) is 23.8 Å². The van der Waals surface area contributed by atoms with Crippen molar-refractivity contribution in [2.45, 2.75) is 13.8 Å². The number of nitrogens with one attached hydrogen (secondary N) is 2. The van der Waals surface area contributed by atoms with Gasteiger partial charge >= 0.3 is 0 Å². The van der Waals surface area contributed by atoms with E-state index in [0.717, 1.165) is 5.56 Å². The highest BCUT2D eigenvalue weighted by Crippen LogP contribution is 2.37. The van der Waals surface area contributed by atoms with E-state index in [1.165, 1.54) is 12.1 Å². The molecule has 7 nitrogen and oxygen atoms in total. The second kappa shape index (κ2) is 12.3. The summed E-state index contributed by atoms with van der Waals surface area (Å²) < 4.78 is 11.3. The Kier molecular flexibility index (Phi) is 8.88. The summed E-state index contributed by atoms with van der Waals surface area (Å²) in [5.41, 5.74) is 2.63. The molecule has 0 fully saturated rings. The topological polar surface area (TPSA) is 100 Å². The van der Waals surface area contributed by atoms with Crippen LogP contribution in [0.15, 0.2) is 72.3 Å². The van der Waals surface area contributed by atoms with E-state index >= 15 is 0 Å². The Bertz CT molecular complexity index is 1270. The lowest BCUT2D eigenvalue weighted by molar-refractivity contribution is -0.118. The first-order valence-corrected chi connectivity index (χ1v) is 11.2. The molecule has 2 N–H and O–H groups in total. The maximum atomic E-state index is 12.6. The molecule has 178 valence electrons. The van der Waals surface area contributed by atoms with Gasteiger partial charge in [-0.25, -0.2) is 0 Å². The zero-order chi connectivity index (χ0) is 25.2. The molecule has 35 heavy (non-hydrogen) atoms. The van der Waals surface area contributed by atoms with Gasteiger partial charge in [-0.3, -0.25) is 9.59 Å². The minimum absolute atomic E-state index is 0.111. The number of ether oxygens (including phenoxy) is 2. The number of para-hydroxylation sites is 1. The van der Waals surface area contributed by atoms with Gasteiger partial charge in [-0.15, -0.1) is 0 Å². The predicted molar refractivity (Wildman–Crippen MR) is 137 cm³/mol. The maximum Gasteiger partial charge on any atom is 0.266 e. The molecule has 0 bridgehead atoms. The van der Waals surface area contributed by atoms with E-state index in [2.05, 4.69) is 10.6 Å². The molecule has 0 aliphatic carbocycles. The lowest BCUT2D eigenvalue weighted by Crippen LogP contribution is -2.20. The molecule has 3 rings (SSSR count). The van der Waals surface area contributed by atoms with E-state index in [9.17, 15) is 14.9 Å². The molecule has 3 aromatic carbocycles. The maximum absolute atomic E-state index is 12.6. The van der Waals surface area contributed by atoms with Crippen molar-refractivity contribution >= 4 is 40.9 Å². The van der Waals surface area contributed by atoms with Crippen LogP contribution >= 0.6 is 11.6 Å². The van der Waals surface area contributed by atoms with Gasteiger partial charge in [0.2, 0.25) is 0 Å². The molecule has 0 spiro atoms. The van der Waals surface area contributed by atoms with Crippen LogP contribution in [0.4, 0.5) is 11.4 Å². The van der Waals surface area contributed by atoms with Crippen molar-refractivity contribution in [3.05, 3.63) is 88.5 Å². The van der Waals surface area contributed by atoms with Crippen LogP contribution < -0.4 is 20.1 Å². The lowest BCUT2D eigenvalue weighted by atomic mass is 10.1. The third-order valence-corrected chi connectivity index (χ3v) is 5.00. The number of carbonyl (C=O) groups is 2. The van der Waals surface area contributed by atoms with E-state index in [-0.39, 0.29) is 34.6 Å². The molecule has 0 aliphatic heterocycles. The molecule has 3 aromatic rings. The van der Waals surface area contributed by atoms with Crippen LogP contribution in [0.1, 0.15) is 18.1 Å². The molecule has 0 aliphatic rings. The van der Waals surface area contributed by atoms with Gasteiger partial charge in [0, 0.05) is 11.4 Å². The minimum atomic E-state index is -0.552. The number of carbonyl (C=O) groups excluding carboxylic acids is 2. The summed E-state index contributed by atoms with van der Waals surface area (Å²) in [4.78, 5) is 24.8. The average Bonchev–Trinajstić information content (AvgIpc) is 2.84. The highest BCUT2D eigenvalue weighted by atomic mass is 35.5. The fraction of sp³-hybridized carbons (Fsp3) is 0.148. The normalized spacial score (nSPS) is 10.7. The Morgan fingerprint density at radius 3 is 2.34 bits per heavy atom. The van der Waals surface area contributed by atoms with Crippen LogP contribution in [-0.2, 0) is 9.59 Å². The van der Waals surface area contributed by atoms with E-state index in [1.54, 1.807) is 37.3 Å². The van der Waals surface area contributed by atoms with E-state index < -0.39 is 5.91 Å². The van der Waals surface area contributed by atoms with Gasteiger partial charge in [0.25, 0.3) is 11.8 Å². The molecule has 0 unspecified atom stereocenters. The first kappa shape index (κ1) is 25.3. The Morgan fingerprint density at radius 2 is 1.69 bits per heavy atom. The monoisotopic (exact) mass is 489 g/mol. The van der Waals surface area contributed by atoms with Crippen molar-refractivity contribution < 1.29 is 19.1 Å². The molecule has 0 radical (unpaired) electrons. The second-order valence-electron chi connectivity index (χ2n) is 7.46. The van der Waals surface area contributed by atoms with Crippen LogP contribution in [0.5, 0.6) is 11.5 Å². The number of hydrogen-bond acceptors (Lipinski definition) is 5. The number of amides is 2. The number of halogens is 1. The zero-order valence-corrected chi connectivity index (χ0v) is 20.1. The molecular weight excluding hydrogens is 466 g/mol. The van der Waals surface area contributed by atoms with E-state index in [4.69, 9.17) is 21.1 Å². The summed E-state index contributed by atoms with van der Waals surface area (Å²) in [5, 5.41) is 15.1. The van der Waals surface area contributed by atoms with Crippen LogP contribution in [0.3, 0.4) is 0 Å². The highest BCUT2D eigenvalue weighted by Gasteiger charge is 2.16. The number of nitrogens with zero attached hydrogens (tertiary/aromatic N) is 1. The Balaban J connectivity index is 1.77. The van der Waals surface area contributed by atoms with Gasteiger partial charge < -0.3 is 20.1 Å². The van der Waals surface area contributed by atoms with Gasteiger partial charge in [0.15, 0.2) is 18.1 Å². The van der Waals surface area contributed by atoms with Crippen molar-refractivity contribution in [3.8, 4) is 17.6 Å². The van der Waals surface area contributed by atoms with Gasteiger partial charge in [0.05, 0.1) is 11.6 Å². The molecule has 0 saturated carbocycles. The summed E-state index contributed by atoms with van der Waals surface area (Å²) in [5.74, 6) is -0.437. The molecule has 8 heteroatoms. The fourth-order valence-corrected chi connectivity index (χ4v) is 3.35. The third kappa shape index (κ3) is 7.36. The summed E-state index contributed by atoms with van der Waals surface area (Å²) in [6.45, 7) is 3.76. The van der Waals surface area contributed by atoms with Crippen LogP contribution in [0.2, 0.25) is 5.02 Å². The van der Waals surface area contributed by atoms with Crippen LogP contribution in [-0.4, -0.2) is 25.0 Å². The van der Waals surface area contributed by atoms with Crippen molar-refractivity contribution in [1.82, 2.24) is 0 Å². The summed E-state index contributed by atoms with van der Waals surface area (Å²) >= 11 is 6.42. The quantitative estimate of drug-likeness (QED) is 0.300. The SMILES string of the molecule is CCOc1cc(/C=C(\C#N)C(=O)Nc2ccc(C)cc2)cc(Cl)c1OCC(=O)Nc1ccccc1. The van der Waals surface area contributed by atoms with Crippen molar-refractivity contribution in [2.24, 2.45) is 0 Å². The summed E-state index contributed by atoms with van der Waals surface area (Å²) in [6, 6.07) is 21.3. The minimum Gasteiger partial charge on any atom is -0.490 e. The Morgan fingerprint density at radius 1 is 1.00 bits per heavy atom. The molecule has 0 saturated heterocycles. The Labute approximate surface area is 208 Å². The highest BCUT2D eigenvalue weighted by molar-refractivity contribution is 6.32. The third-order valence-electron chi connectivity index (χ3n) is 4.72. The van der Waals surface area contributed by atoms with Crippen molar-refractivity contribution in [3.63, 3.8) is 0 Å². The number of nitriles is 1. The summed E-state index contributed by atoms with van der Waals surface area (Å²) in [7, 11) is 0. The number of rotatable bonds is 9. The number of benzene rings is 3. The smallest absolute Gasteiger partial charge is 0.266 e. The first-order chi connectivity index (χ1) is 16.9. The van der Waals surface area contributed by atoms with Crippen LogP contribution in [0.25, 0.3) is 6.08 Å². The van der Waals surface area contributed by atoms with E-state index in [0.29, 0.717) is 23.5 Å². The standard InChI is InChI=1S/C27H24ClN3O4/c1-3-34-24-15-19(13-20(16-29)27(33)31-22-11-9-18(2)10-12-22)14-23(28)26(24)35-17-25(32)30-21-7-5-4-6-8-21/h4-15H,3,17H2,1-2H3,(H,30,32)(H,31,33)/b20-13+. The molecule has 0 heterocycles. The zero-order valence-electron chi connectivity index (χ0n) is 19.3. The fourth-order valence-electron chi connectivity index (χ4n) is 3.08. The largest absolute Gasteiger partial charge is 0.490 e. The van der Waals surface area contributed by atoms with Gasteiger partial charge in [-0.2, -0.15) is 5.26 Å². The van der Waals surface area contributed by atoms with Gasteiger partial charge in [0.1, 0.15) is 11.6 Å². The second-order valence-corrected chi connectivity index (χ2v) is 7.86. The molecule has 2 amide bonds. The van der Waals surface area contributed by atoms with Crippen molar-refractivity contribution in [1.29, 1.82) is 5.26 Å². The number of hydrogen-bond donors (Lipinski definition) is 2. The molecule has 0 aromatic heterocycles.